The van der Waals surface area contributed by atoms with Crippen molar-refractivity contribution in [3.8, 4) is 0 Å². The lowest BCUT2D eigenvalue weighted by Gasteiger charge is -2.33. The molecule has 1 atom stereocenters. The molecule has 0 heterocycles. The van der Waals surface area contributed by atoms with Crippen molar-refractivity contribution in [3.05, 3.63) is 35.9 Å². The topological polar surface area (TPSA) is 103 Å². The molecular weight excluding hydrogens is 352 g/mol. The minimum absolute atomic E-state index is 0.0164. The predicted molar refractivity (Wildman–Crippen MR) is 98.8 cm³/mol. The Bertz CT molecular complexity index is 641. The maximum atomic E-state index is 12.4. The van der Waals surface area contributed by atoms with Gasteiger partial charge in [-0.25, -0.2) is 14.4 Å². The summed E-state index contributed by atoms with van der Waals surface area (Å²) in [4.78, 5) is 36.8. The van der Waals surface area contributed by atoms with E-state index in [0.717, 1.165) is 5.56 Å². The first-order chi connectivity index (χ1) is 12.6. The zero-order valence-corrected chi connectivity index (χ0v) is 16.5. The van der Waals surface area contributed by atoms with Gasteiger partial charge in [0.1, 0.15) is 12.2 Å². The minimum Gasteiger partial charge on any atom is -0.466 e. The van der Waals surface area contributed by atoms with E-state index in [0.29, 0.717) is 6.42 Å². The van der Waals surface area contributed by atoms with Gasteiger partial charge in [0, 0.05) is 6.42 Å². The fourth-order valence-corrected chi connectivity index (χ4v) is 2.32. The molecule has 0 radical (unpaired) electrons. The number of ether oxygens (including phenoxy) is 3. The summed E-state index contributed by atoms with van der Waals surface area (Å²) >= 11 is 0. The van der Waals surface area contributed by atoms with E-state index in [9.17, 15) is 14.4 Å². The van der Waals surface area contributed by atoms with Crippen molar-refractivity contribution in [2.24, 2.45) is 0 Å². The summed E-state index contributed by atoms with van der Waals surface area (Å²) in [5.74, 6) is -0.827. The number of amides is 2. The second-order valence-electron chi connectivity index (χ2n) is 6.96. The van der Waals surface area contributed by atoms with Gasteiger partial charge in [-0.15, -0.1) is 0 Å². The summed E-state index contributed by atoms with van der Waals surface area (Å²) in [5.41, 5.74) is -1.78. The van der Waals surface area contributed by atoms with Crippen LogP contribution < -0.4 is 10.6 Å². The Labute approximate surface area is 159 Å². The Hall–Kier alpha value is -2.77. The molecule has 0 spiro atoms. The zero-order chi connectivity index (χ0) is 20.5. The number of hydrogen-bond acceptors (Lipinski definition) is 6. The predicted octanol–water partition coefficient (Wildman–Crippen LogP) is 3.11. The van der Waals surface area contributed by atoms with Crippen molar-refractivity contribution in [2.45, 2.75) is 58.4 Å². The van der Waals surface area contributed by atoms with Gasteiger partial charge in [0.25, 0.3) is 0 Å². The molecule has 0 aromatic heterocycles. The van der Waals surface area contributed by atoms with Gasteiger partial charge in [0.2, 0.25) is 5.66 Å². The molecule has 1 unspecified atom stereocenters. The standard InChI is InChI=1S/C19H28N2O6/c1-6-12-19(15(22)25-5,21-17(24)27-18(2,3)4)20-16(23)26-13-14-10-8-7-9-11-14/h7-11H,6,12-13H2,1-5H3,(H,20,23)(H,21,24). The van der Waals surface area contributed by atoms with Gasteiger partial charge < -0.3 is 14.2 Å². The minimum atomic E-state index is -1.79. The number of carbonyl (C=O) groups excluding carboxylic acids is 3. The van der Waals surface area contributed by atoms with E-state index in [4.69, 9.17) is 14.2 Å². The molecule has 0 saturated heterocycles. The van der Waals surface area contributed by atoms with Crippen LogP contribution in [0.4, 0.5) is 9.59 Å². The number of carbonyl (C=O) groups is 3. The number of alkyl carbamates (subject to hydrolysis) is 2. The second-order valence-corrected chi connectivity index (χ2v) is 6.96. The molecule has 0 aliphatic rings. The van der Waals surface area contributed by atoms with Gasteiger partial charge >= 0.3 is 18.2 Å². The smallest absolute Gasteiger partial charge is 0.409 e. The van der Waals surface area contributed by atoms with Gasteiger partial charge in [0.05, 0.1) is 7.11 Å². The third-order valence-electron chi connectivity index (χ3n) is 3.40. The van der Waals surface area contributed by atoms with Crippen molar-refractivity contribution in [1.29, 1.82) is 0 Å². The largest absolute Gasteiger partial charge is 0.466 e. The number of hydrogen-bond donors (Lipinski definition) is 2. The van der Waals surface area contributed by atoms with Crippen LogP contribution in [0.25, 0.3) is 0 Å². The van der Waals surface area contributed by atoms with Crippen molar-refractivity contribution < 1.29 is 28.6 Å². The summed E-state index contributed by atoms with van der Waals surface area (Å²) < 4.78 is 15.1. The van der Waals surface area contributed by atoms with Gasteiger partial charge in [0.15, 0.2) is 0 Å². The average Bonchev–Trinajstić information content (AvgIpc) is 2.58. The van der Waals surface area contributed by atoms with E-state index in [1.165, 1.54) is 7.11 Å². The van der Waals surface area contributed by atoms with Crippen molar-refractivity contribution in [2.75, 3.05) is 7.11 Å². The van der Waals surface area contributed by atoms with Gasteiger partial charge in [-0.1, -0.05) is 43.7 Å². The fraction of sp³-hybridized carbons (Fsp3) is 0.526. The lowest BCUT2D eigenvalue weighted by atomic mass is 10.0. The maximum Gasteiger partial charge on any atom is 0.409 e. The number of benzene rings is 1. The average molecular weight is 380 g/mol. The van der Waals surface area contributed by atoms with Gasteiger partial charge in [-0.2, -0.15) is 0 Å². The van der Waals surface area contributed by atoms with Crippen molar-refractivity contribution in [1.82, 2.24) is 10.6 Å². The third kappa shape index (κ3) is 7.55. The van der Waals surface area contributed by atoms with Crippen LogP contribution in [-0.2, 0) is 25.6 Å². The summed E-state index contributed by atoms with van der Waals surface area (Å²) in [5, 5.41) is 4.84. The lowest BCUT2D eigenvalue weighted by Crippen LogP contribution is -2.66. The van der Waals surface area contributed by atoms with E-state index in [1.54, 1.807) is 39.8 Å². The monoisotopic (exact) mass is 380 g/mol. The van der Waals surface area contributed by atoms with Crippen LogP contribution >= 0.6 is 0 Å². The molecule has 2 N–H and O–H groups in total. The van der Waals surface area contributed by atoms with Crippen molar-refractivity contribution in [3.63, 3.8) is 0 Å². The van der Waals surface area contributed by atoms with Gasteiger partial charge in [-0.05, 0) is 26.3 Å². The van der Waals surface area contributed by atoms with E-state index < -0.39 is 29.4 Å². The maximum absolute atomic E-state index is 12.4. The van der Waals surface area contributed by atoms with Crippen LogP contribution in [0.5, 0.6) is 0 Å². The first-order valence-corrected chi connectivity index (χ1v) is 8.70. The Morgan fingerprint density at radius 3 is 2.11 bits per heavy atom. The summed E-state index contributed by atoms with van der Waals surface area (Å²) in [6.07, 6.45) is -1.15. The molecule has 0 saturated carbocycles. The van der Waals surface area contributed by atoms with Crippen LogP contribution in [-0.4, -0.2) is 36.5 Å². The van der Waals surface area contributed by atoms with Crippen LogP contribution in [0.3, 0.4) is 0 Å². The molecule has 2 amide bonds. The Kier molecular flexibility index (Phi) is 8.08. The third-order valence-corrected chi connectivity index (χ3v) is 3.40. The van der Waals surface area contributed by atoms with Crippen LogP contribution in [0.1, 0.15) is 46.1 Å². The Balaban J connectivity index is 2.90. The summed E-state index contributed by atoms with van der Waals surface area (Å²) in [6, 6.07) is 9.07. The number of rotatable bonds is 7. The molecule has 8 nitrogen and oxygen atoms in total. The quantitative estimate of drug-likeness (QED) is 0.428. The second kappa shape index (κ2) is 9.80. The molecule has 1 aromatic rings. The molecule has 0 aliphatic carbocycles. The molecule has 8 heteroatoms. The number of methoxy groups -OCH3 is 1. The first-order valence-electron chi connectivity index (χ1n) is 8.70. The van der Waals surface area contributed by atoms with Crippen molar-refractivity contribution >= 4 is 18.2 Å². The molecule has 27 heavy (non-hydrogen) atoms. The molecule has 0 bridgehead atoms. The lowest BCUT2D eigenvalue weighted by molar-refractivity contribution is -0.150. The fourth-order valence-electron chi connectivity index (χ4n) is 2.32. The van der Waals surface area contributed by atoms with E-state index in [-0.39, 0.29) is 13.0 Å². The van der Waals surface area contributed by atoms with E-state index in [1.807, 2.05) is 18.2 Å². The Morgan fingerprint density at radius 1 is 1.00 bits per heavy atom. The molecule has 1 aromatic carbocycles. The highest BCUT2D eigenvalue weighted by molar-refractivity contribution is 5.89. The Morgan fingerprint density at radius 2 is 1.59 bits per heavy atom. The highest BCUT2D eigenvalue weighted by Gasteiger charge is 2.43. The van der Waals surface area contributed by atoms with Crippen LogP contribution in [0.2, 0.25) is 0 Å². The normalized spacial score (nSPS) is 13.1. The van der Waals surface area contributed by atoms with Crippen LogP contribution in [0, 0.1) is 0 Å². The highest BCUT2D eigenvalue weighted by Crippen LogP contribution is 2.15. The highest BCUT2D eigenvalue weighted by atomic mass is 16.6. The summed E-state index contributed by atoms with van der Waals surface area (Å²) in [6.45, 7) is 6.88. The SMILES string of the molecule is CCCC(NC(=O)OCc1ccccc1)(NC(=O)OC(C)(C)C)C(=O)OC. The summed E-state index contributed by atoms with van der Waals surface area (Å²) in [7, 11) is 1.17. The van der Waals surface area contributed by atoms with E-state index >= 15 is 0 Å². The molecule has 0 aliphatic heterocycles. The molecule has 150 valence electrons. The number of nitrogens with one attached hydrogen (secondary N) is 2. The van der Waals surface area contributed by atoms with Gasteiger partial charge in [-0.3, -0.25) is 10.6 Å². The zero-order valence-electron chi connectivity index (χ0n) is 16.5. The molecular formula is C19H28N2O6. The van der Waals surface area contributed by atoms with E-state index in [2.05, 4.69) is 10.6 Å². The van der Waals surface area contributed by atoms with Crippen LogP contribution in [0.15, 0.2) is 30.3 Å². The molecule has 0 fully saturated rings. The number of esters is 1. The first kappa shape index (κ1) is 22.3. The molecule has 1 rings (SSSR count).